The molecule has 1 fully saturated rings. The molecule has 1 saturated heterocycles. The van der Waals surface area contributed by atoms with E-state index in [9.17, 15) is 13.2 Å². The summed E-state index contributed by atoms with van der Waals surface area (Å²) in [6, 6.07) is 5.38. The Morgan fingerprint density at radius 1 is 1.27 bits per heavy atom. The fourth-order valence-electron chi connectivity index (χ4n) is 2.56. The van der Waals surface area contributed by atoms with Crippen molar-refractivity contribution in [3.05, 3.63) is 41.8 Å². The number of halogens is 3. The van der Waals surface area contributed by atoms with Gasteiger partial charge >= 0.3 is 6.18 Å². The first-order valence-electron chi connectivity index (χ1n) is 7.98. The van der Waals surface area contributed by atoms with Crippen LogP contribution in [0.4, 0.5) is 18.9 Å². The number of thiocarbonyl (C=S) groups is 1. The smallest absolute Gasteiger partial charge is 0.368 e. The summed E-state index contributed by atoms with van der Waals surface area (Å²) in [6.07, 6.45) is -1.27. The van der Waals surface area contributed by atoms with E-state index in [4.69, 9.17) is 12.2 Å². The predicted octanol–water partition coefficient (Wildman–Crippen LogP) is 3.29. The molecular weight excluding hydrogens is 363 g/mol. The Morgan fingerprint density at radius 3 is 2.54 bits per heavy atom. The van der Waals surface area contributed by atoms with E-state index in [1.54, 1.807) is 19.2 Å². The normalized spacial score (nSPS) is 16.1. The third-order valence-corrected chi connectivity index (χ3v) is 4.18. The lowest BCUT2D eigenvalue weighted by Gasteiger charge is -2.37. The molecule has 0 radical (unpaired) electrons. The van der Waals surface area contributed by atoms with Crippen LogP contribution in [-0.2, 0) is 6.18 Å². The van der Waals surface area contributed by atoms with Gasteiger partial charge in [-0.3, -0.25) is 4.99 Å². The summed E-state index contributed by atoms with van der Waals surface area (Å²) in [7, 11) is 0. The minimum Gasteiger partial charge on any atom is -0.368 e. The number of aliphatic imine (C=N–C) groups is 2. The van der Waals surface area contributed by atoms with Crippen molar-refractivity contribution in [2.45, 2.75) is 13.1 Å². The Kier molecular flexibility index (Phi) is 6.73. The molecule has 1 aromatic rings. The number of nitrogens with one attached hydrogen (secondary N) is 1. The zero-order valence-electron chi connectivity index (χ0n) is 14.3. The van der Waals surface area contributed by atoms with Gasteiger partial charge < -0.3 is 15.1 Å². The molecule has 2 rings (SSSR count). The molecule has 26 heavy (non-hydrogen) atoms. The van der Waals surface area contributed by atoms with Gasteiger partial charge in [-0.1, -0.05) is 6.07 Å². The maximum atomic E-state index is 12.9. The van der Waals surface area contributed by atoms with E-state index in [-0.39, 0.29) is 0 Å². The summed E-state index contributed by atoms with van der Waals surface area (Å²) >= 11 is 5.37. The predicted molar refractivity (Wildman–Crippen MR) is 103 cm³/mol. The van der Waals surface area contributed by atoms with Crippen molar-refractivity contribution in [3.63, 3.8) is 0 Å². The van der Waals surface area contributed by atoms with Crippen LogP contribution in [0, 0.1) is 0 Å². The molecule has 0 aliphatic carbocycles. The summed E-state index contributed by atoms with van der Waals surface area (Å²) in [5.41, 5.74) is -0.0795. The quantitative estimate of drug-likeness (QED) is 0.640. The minimum atomic E-state index is -4.34. The topological polar surface area (TPSA) is 43.2 Å². The number of nitrogens with zero attached hydrogens (tertiary/aromatic N) is 4. The van der Waals surface area contributed by atoms with Gasteiger partial charge in [0.25, 0.3) is 0 Å². The highest BCUT2D eigenvalue weighted by Crippen LogP contribution is 2.31. The van der Waals surface area contributed by atoms with Crippen molar-refractivity contribution in [2.75, 3.05) is 31.1 Å². The average molecular weight is 383 g/mol. The molecule has 0 amide bonds. The Balaban J connectivity index is 1.98. The lowest BCUT2D eigenvalue weighted by molar-refractivity contribution is -0.137. The maximum Gasteiger partial charge on any atom is 0.416 e. The number of rotatable bonds is 4. The third-order valence-electron chi connectivity index (χ3n) is 3.82. The van der Waals surface area contributed by atoms with Crippen LogP contribution in [0.3, 0.4) is 0 Å². The SMILES string of the molecule is C=N/C=C(\N=CC)NC(=S)N1CCN(c2cccc(C(F)(F)F)c2)CC1. The van der Waals surface area contributed by atoms with Gasteiger partial charge in [0.2, 0.25) is 0 Å². The van der Waals surface area contributed by atoms with Gasteiger partial charge in [0.05, 0.1) is 11.8 Å². The maximum absolute atomic E-state index is 12.9. The van der Waals surface area contributed by atoms with Crippen LogP contribution in [0.2, 0.25) is 0 Å². The summed E-state index contributed by atoms with van der Waals surface area (Å²) in [5.74, 6) is 0.479. The van der Waals surface area contributed by atoms with Gasteiger partial charge in [0.1, 0.15) is 5.82 Å². The Bertz CT molecular complexity index is 707. The third kappa shape index (κ3) is 5.29. The Morgan fingerprint density at radius 2 is 1.96 bits per heavy atom. The molecular formula is C17H20F3N5S. The molecule has 1 aliphatic heterocycles. The molecule has 0 atom stereocenters. The van der Waals surface area contributed by atoms with Crippen molar-refractivity contribution < 1.29 is 13.2 Å². The molecule has 0 saturated carbocycles. The Hall–Kier alpha value is -2.42. The lowest BCUT2D eigenvalue weighted by Crippen LogP contribution is -2.51. The first-order chi connectivity index (χ1) is 12.3. The summed E-state index contributed by atoms with van der Waals surface area (Å²) in [6.45, 7) is 7.48. The molecule has 140 valence electrons. The van der Waals surface area contributed by atoms with E-state index in [2.05, 4.69) is 22.0 Å². The van der Waals surface area contributed by atoms with E-state index in [1.807, 2.05) is 9.80 Å². The molecule has 9 heteroatoms. The lowest BCUT2D eigenvalue weighted by atomic mass is 10.1. The zero-order chi connectivity index (χ0) is 19.2. The van der Waals surface area contributed by atoms with E-state index in [0.29, 0.717) is 42.8 Å². The summed E-state index contributed by atoms with van der Waals surface area (Å²) in [5, 5.41) is 3.49. The Labute approximate surface area is 155 Å². The molecule has 5 nitrogen and oxygen atoms in total. The largest absolute Gasteiger partial charge is 0.416 e. The molecule has 1 heterocycles. The highest BCUT2D eigenvalue weighted by Gasteiger charge is 2.31. The fourth-order valence-corrected chi connectivity index (χ4v) is 2.85. The fraction of sp³-hybridized carbons (Fsp3) is 0.353. The first-order valence-corrected chi connectivity index (χ1v) is 8.39. The number of alkyl halides is 3. The van der Waals surface area contributed by atoms with E-state index >= 15 is 0 Å². The van der Waals surface area contributed by atoms with Crippen molar-refractivity contribution >= 4 is 35.9 Å². The van der Waals surface area contributed by atoms with Crippen LogP contribution in [0.15, 0.2) is 46.3 Å². The van der Waals surface area contributed by atoms with Gasteiger partial charge in [-0.15, -0.1) is 0 Å². The van der Waals surface area contributed by atoms with Crippen LogP contribution in [-0.4, -0.2) is 49.1 Å². The monoisotopic (exact) mass is 383 g/mol. The highest BCUT2D eigenvalue weighted by molar-refractivity contribution is 7.80. The van der Waals surface area contributed by atoms with Crippen molar-refractivity contribution in [3.8, 4) is 0 Å². The van der Waals surface area contributed by atoms with Gasteiger partial charge in [-0.05, 0) is 44.1 Å². The van der Waals surface area contributed by atoms with Crippen molar-refractivity contribution in [1.29, 1.82) is 0 Å². The zero-order valence-corrected chi connectivity index (χ0v) is 15.1. The molecule has 1 aliphatic rings. The second-order valence-corrected chi connectivity index (χ2v) is 5.92. The van der Waals surface area contributed by atoms with Crippen LogP contribution in [0.5, 0.6) is 0 Å². The minimum absolute atomic E-state index is 0.479. The molecule has 0 aromatic heterocycles. The van der Waals surface area contributed by atoms with Crippen LogP contribution >= 0.6 is 12.2 Å². The molecule has 1 aromatic carbocycles. The van der Waals surface area contributed by atoms with Gasteiger partial charge in [-0.2, -0.15) is 13.2 Å². The summed E-state index contributed by atoms with van der Waals surface area (Å²) < 4.78 is 38.6. The van der Waals surface area contributed by atoms with Gasteiger partial charge in [0.15, 0.2) is 5.11 Å². The second-order valence-electron chi connectivity index (χ2n) is 5.54. The molecule has 0 unspecified atom stereocenters. The van der Waals surface area contributed by atoms with Gasteiger partial charge in [-0.25, -0.2) is 4.99 Å². The standard InChI is InChI=1S/C17H20F3N5S/c1-3-22-15(12-21-2)23-16(26)25-9-7-24(8-10-25)14-6-4-5-13(11-14)17(18,19)20/h3-6,11-12H,2,7-10H2,1H3,(H,23,26)/b15-12+,22-3?. The number of hydrogen-bond acceptors (Lipinski definition) is 4. The number of piperazine rings is 1. The number of hydrogen-bond donors (Lipinski definition) is 1. The first kappa shape index (κ1) is 19.9. The number of anilines is 1. The van der Waals surface area contributed by atoms with E-state index in [1.165, 1.54) is 18.3 Å². The average Bonchev–Trinajstić information content (AvgIpc) is 2.61. The summed E-state index contributed by atoms with van der Waals surface area (Å²) in [4.78, 5) is 11.6. The van der Waals surface area contributed by atoms with Crippen LogP contribution in [0.1, 0.15) is 12.5 Å². The highest BCUT2D eigenvalue weighted by atomic mass is 32.1. The van der Waals surface area contributed by atoms with E-state index in [0.717, 1.165) is 6.07 Å². The van der Waals surface area contributed by atoms with E-state index < -0.39 is 11.7 Å². The molecule has 0 spiro atoms. The number of benzene rings is 1. The second kappa shape index (κ2) is 8.79. The van der Waals surface area contributed by atoms with Crippen molar-refractivity contribution in [1.82, 2.24) is 10.2 Å². The van der Waals surface area contributed by atoms with Crippen molar-refractivity contribution in [2.24, 2.45) is 9.98 Å². The van der Waals surface area contributed by atoms with Crippen LogP contribution in [0.25, 0.3) is 0 Å². The molecule has 1 N–H and O–H groups in total. The van der Waals surface area contributed by atoms with Gasteiger partial charge in [0, 0.05) is 38.1 Å². The molecule has 0 bridgehead atoms. The van der Waals surface area contributed by atoms with Crippen LogP contribution < -0.4 is 10.2 Å².